The molecule has 144 valence electrons. The van der Waals surface area contributed by atoms with E-state index in [1.165, 1.54) is 19.4 Å². The second kappa shape index (κ2) is 8.20. The number of nitrogens with zero attached hydrogens (tertiary/aromatic N) is 3. The van der Waals surface area contributed by atoms with Crippen LogP contribution in [0.25, 0.3) is 0 Å². The van der Waals surface area contributed by atoms with Gasteiger partial charge in [-0.25, -0.2) is 4.79 Å². The van der Waals surface area contributed by atoms with Gasteiger partial charge in [0.25, 0.3) is 0 Å². The number of aliphatic hydroxyl groups is 2. The third-order valence-electron chi connectivity index (χ3n) is 6.09. The number of fused-ring (bicyclic) bond motifs is 1. The first kappa shape index (κ1) is 18.9. The van der Waals surface area contributed by atoms with Crippen LogP contribution in [0.1, 0.15) is 39.0 Å². The lowest BCUT2D eigenvalue weighted by molar-refractivity contribution is -0.0700. The van der Waals surface area contributed by atoms with Gasteiger partial charge in [-0.2, -0.15) is 0 Å². The lowest BCUT2D eigenvalue weighted by Crippen LogP contribution is -2.61. The van der Waals surface area contributed by atoms with E-state index in [4.69, 9.17) is 4.74 Å². The second-order valence-corrected chi connectivity index (χ2v) is 7.80. The first-order valence-electron chi connectivity index (χ1n) is 9.77. The van der Waals surface area contributed by atoms with Crippen LogP contribution in [0.15, 0.2) is 0 Å². The summed E-state index contributed by atoms with van der Waals surface area (Å²) in [5, 5.41) is 20.5. The molecule has 3 saturated heterocycles. The van der Waals surface area contributed by atoms with Crippen LogP contribution in [0.5, 0.6) is 0 Å². The smallest absolute Gasteiger partial charge is 0.409 e. The Bertz CT molecular complexity index is 454. The van der Waals surface area contributed by atoms with Gasteiger partial charge in [-0.1, -0.05) is 0 Å². The number of carbonyl (C=O) groups excluding carboxylic acids is 1. The monoisotopic (exact) mass is 355 g/mol. The number of carbonyl (C=O) groups is 1. The topological polar surface area (TPSA) is 76.5 Å². The van der Waals surface area contributed by atoms with E-state index in [1.54, 1.807) is 4.90 Å². The average molecular weight is 355 g/mol. The average Bonchev–Trinajstić information content (AvgIpc) is 3.03. The standard InChI is InChI=1S/C18H33N3O4/c1-2-25-17(23)19-9-6-18(24,7-10-19)14-21-13-15-4-3-8-20(15)12-16(21)5-11-22/h15-16,22,24H,2-14H2,1H3/t15-,16-/m0/s1. The highest BCUT2D eigenvalue weighted by Gasteiger charge is 2.41. The fourth-order valence-corrected chi connectivity index (χ4v) is 4.62. The van der Waals surface area contributed by atoms with Gasteiger partial charge < -0.3 is 19.8 Å². The summed E-state index contributed by atoms with van der Waals surface area (Å²) in [6.45, 7) is 7.25. The zero-order valence-electron chi connectivity index (χ0n) is 15.4. The molecule has 1 amide bonds. The van der Waals surface area contributed by atoms with E-state index in [2.05, 4.69) is 9.80 Å². The van der Waals surface area contributed by atoms with Gasteiger partial charge in [-0.05, 0) is 45.6 Å². The molecule has 0 aromatic heterocycles. The number of ether oxygens (including phenoxy) is 1. The molecule has 3 aliphatic rings. The summed E-state index contributed by atoms with van der Waals surface area (Å²) in [7, 11) is 0. The molecule has 3 aliphatic heterocycles. The van der Waals surface area contributed by atoms with Crippen LogP contribution >= 0.6 is 0 Å². The van der Waals surface area contributed by atoms with E-state index >= 15 is 0 Å². The Labute approximate surface area is 150 Å². The number of piperazine rings is 1. The summed E-state index contributed by atoms with van der Waals surface area (Å²) in [5.41, 5.74) is -0.753. The van der Waals surface area contributed by atoms with E-state index in [1.807, 2.05) is 6.92 Å². The molecule has 0 spiro atoms. The predicted octanol–water partition coefficient (Wildman–Crippen LogP) is 0.501. The van der Waals surface area contributed by atoms with Gasteiger partial charge in [0.2, 0.25) is 0 Å². The minimum absolute atomic E-state index is 0.189. The van der Waals surface area contributed by atoms with Crippen LogP contribution in [-0.2, 0) is 4.74 Å². The minimum Gasteiger partial charge on any atom is -0.450 e. The second-order valence-electron chi connectivity index (χ2n) is 7.80. The zero-order valence-corrected chi connectivity index (χ0v) is 15.4. The first-order valence-corrected chi connectivity index (χ1v) is 9.77. The van der Waals surface area contributed by atoms with Crippen LogP contribution in [0.3, 0.4) is 0 Å². The molecule has 3 rings (SSSR count). The molecule has 7 nitrogen and oxygen atoms in total. The Hall–Kier alpha value is -0.890. The van der Waals surface area contributed by atoms with Gasteiger partial charge in [0.15, 0.2) is 0 Å². The van der Waals surface area contributed by atoms with Crippen molar-refractivity contribution < 1.29 is 19.7 Å². The maximum Gasteiger partial charge on any atom is 0.409 e. The van der Waals surface area contributed by atoms with Crippen LogP contribution in [-0.4, -0.2) is 101 Å². The Kier molecular flexibility index (Phi) is 6.20. The molecule has 25 heavy (non-hydrogen) atoms. The maximum atomic E-state index is 11.8. The Morgan fingerprint density at radius 3 is 2.68 bits per heavy atom. The van der Waals surface area contributed by atoms with Crippen molar-refractivity contribution in [2.24, 2.45) is 0 Å². The van der Waals surface area contributed by atoms with Gasteiger partial charge in [0.1, 0.15) is 0 Å². The summed E-state index contributed by atoms with van der Waals surface area (Å²) in [6.07, 6.45) is 4.14. The molecule has 2 atom stereocenters. The van der Waals surface area contributed by atoms with E-state index in [9.17, 15) is 15.0 Å². The van der Waals surface area contributed by atoms with E-state index in [0.717, 1.165) is 19.5 Å². The summed E-state index contributed by atoms with van der Waals surface area (Å²) >= 11 is 0. The van der Waals surface area contributed by atoms with Crippen molar-refractivity contribution in [3.05, 3.63) is 0 Å². The lowest BCUT2D eigenvalue weighted by Gasteiger charge is -2.48. The van der Waals surface area contributed by atoms with E-state index in [0.29, 0.717) is 51.2 Å². The molecule has 3 fully saturated rings. The normalized spacial score (nSPS) is 30.3. The highest BCUT2D eigenvalue weighted by molar-refractivity contribution is 5.67. The summed E-state index contributed by atoms with van der Waals surface area (Å²) in [5.74, 6) is 0. The quantitative estimate of drug-likeness (QED) is 0.748. The summed E-state index contributed by atoms with van der Waals surface area (Å²) < 4.78 is 5.06. The molecular formula is C18H33N3O4. The largest absolute Gasteiger partial charge is 0.450 e. The number of likely N-dealkylation sites (tertiary alicyclic amines) is 1. The molecule has 0 aromatic rings. The Morgan fingerprint density at radius 1 is 1.24 bits per heavy atom. The Morgan fingerprint density at radius 2 is 2.00 bits per heavy atom. The van der Waals surface area contributed by atoms with Crippen molar-refractivity contribution in [2.75, 3.05) is 52.5 Å². The molecule has 0 bridgehead atoms. The molecule has 2 N–H and O–H groups in total. The van der Waals surface area contributed by atoms with E-state index < -0.39 is 5.60 Å². The summed E-state index contributed by atoms with van der Waals surface area (Å²) in [4.78, 5) is 18.5. The molecule has 3 heterocycles. The fraction of sp³-hybridized carbons (Fsp3) is 0.944. The van der Waals surface area contributed by atoms with Crippen LogP contribution < -0.4 is 0 Å². The molecule has 0 aliphatic carbocycles. The molecule has 7 heteroatoms. The number of piperidine rings is 1. The zero-order chi connectivity index (χ0) is 17.9. The van der Waals surface area contributed by atoms with Crippen molar-refractivity contribution in [3.8, 4) is 0 Å². The molecule has 0 saturated carbocycles. The van der Waals surface area contributed by atoms with E-state index in [-0.39, 0.29) is 12.7 Å². The van der Waals surface area contributed by atoms with Crippen molar-refractivity contribution in [3.63, 3.8) is 0 Å². The number of β-amino-alcohol motifs (C(OH)–C–C–N with tert-alkyl or cyclic N) is 1. The van der Waals surface area contributed by atoms with Gasteiger partial charge >= 0.3 is 6.09 Å². The van der Waals surface area contributed by atoms with Crippen LogP contribution in [0, 0.1) is 0 Å². The Balaban J connectivity index is 1.57. The molecule has 0 aromatic carbocycles. The van der Waals surface area contributed by atoms with Gasteiger partial charge in [0.05, 0.1) is 12.2 Å². The maximum absolute atomic E-state index is 11.8. The SMILES string of the molecule is CCOC(=O)N1CCC(O)(CN2C[C@@H]3CCCN3C[C@@H]2CCO)CC1. The third-order valence-corrected chi connectivity index (χ3v) is 6.09. The van der Waals surface area contributed by atoms with Crippen molar-refractivity contribution in [1.29, 1.82) is 0 Å². The number of hydrogen-bond donors (Lipinski definition) is 2. The number of rotatable bonds is 5. The molecule has 0 unspecified atom stereocenters. The van der Waals surface area contributed by atoms with Crippen LogP contribution in [0.2, 0.25) is 0 Å². The predicted molar refractivity (Wildman–Crippen MR) is 94.4 cm³/mol. The molecular weight excluding hydrogens is 322 g/mol. The fourth-order valence-electron chi connectivity index (χ4n) is 4.62. The number of hydrogen-bond acceptors (Lipinski definition) is 6. The highest BCUT2D eigenvalue weighted by Crippen LogP contribution is 2.30. The minimum atomic E-state index is -0.753. The van der Waals surface area contributed by atoms with Crippen molar-refractivity contribution in [1.82, 2.24) is 14.7 Å². The van der Waals surface area contributed by atoms with Gasteiger partial charge in [0, 0.05) is 51.4 Å². The van der Waals surface area contributed by atoms with Crippen molar-refractivity contribution >= 4 is 6.09 Å². The molecule has 0 radical (unpaired) electrons. The van der Waals surface area contributed by atoms with Gasteiger partial charge in [-0.3, -0.25) is 9.80 Å². The number of amides is 1. The van der Waals surface area contributed by atoms with Gasteiger partial charge in [-0.15, -0.1) is 0 Å². The van der Waals surface area contributed by atoms with Crippen molar-refractivity contribution in [2.45, 2.75) is 56.7 Å². The summed E-state index contributed by atoms with van der Waals surface area (Å²) in [6, 6.07) is 0.907. The van der Waals surface area contributed by atoms with Crippen LogP contribution in [0.4, 0.5) is 4.79 Å². The highest BCUT2D eigenvalue weighted by atomic mass is 16.6. The lowest BCUT2D eigenvalue weighted by atomic mass is 9.89. The third kappa shape index (κ3) is 4.45. The number of aliphatic hydroxyl groups excluding tert-OH is 1. The first-order chi connectivity index (χ1) is 12.0.